The Morgan fingerprint density at radius 3 is 2.55 bits per heavy atom. The van der Waals surface area contributed by atoms with Crippen molar-refractivity contribution >= 4 is 23.6 Å². The highest BCUT2D eigenvalue weighted by atomic mass is 16.4. The van der Waals surface area contributed by atoms with Gasteiger partial charge in [-0.3, -0.25) is 4.79 Å². The summed E-state index contributed by atoms with van der Waals surface area (Å²) in [6, 6.07) is 5.45. The second-order valence-electron chi connectivity index (χ2n) is 5.43. The highest BCUT2D eigenvalue weighted by Gasteiger charge is 2.25. The molecule has 0 heterocycles. The molecule has 0 bridgehead atoms. The molecule has 0 aliphatic carbocycles. The Hall–Kier alpha value is -2.10. The lowest BCUT2D eigenvalue weighted by atomic mass is 9.89. The van der Waals surface area contributed by atoms with Crippen molar-refractivity contribution in [1.82, 2.24) is 0 Å². The summed E-state index contributed by atoms with van der Waals surface area (Å²) in [5, 5.41) is 11.5. The van der Waals surface area contributed by atoms with Crippen molar-refractivity contribution in [2.75, 3.05) is 5.32 Å². The molecule has 1 rings (SSSR count). The van der Waals surface area contributed by atoms with Gasteiger partial charge in [-0.2, -0.15) is 0 Å². The number of carbonyl (C=O) groups excluding carboxylic acids is 1. The van der Waals surface area contributed by atoms with E-state index in [-0.39, 0.29) is 5.91 Å². The topological polar surface area (TPSA) is 66.4 Å². The van der Waals surface area contributed by atoms with E-state index in [4.69, 9.17) is 5.11 Å². The van der Waals surface area contributed by atoms with E-state index in [0.29, 0.717) is 5.69 Å². The molecule has 0 unspecified atom stereocenters. The predicted octanol–water partition coefficient (Wildman–Crippen LogP) is 3.47. The van der Waals surface area contributed by atoms with Crippen molar-refractivity contribution in [3.63, 3.8) is 0 Å². The van der Waals surface area contributed by atoms with Gasteiger partial charge in [0.05, 0.1) is 0 Å². The molecule has 0 radical (unpaired) electrons. The van der Waals surface area contributed by atoms with Gasteiger partial charge in [0.1, 0.15) is 0 Å². The van der Waals surface area contributed by atoms with Crippen LogP contribution in [0.3, 0.4) is 0 Å². The molecule has 4 nitrogen and oxygen atoms in total. The molecule has 0 saturated carbocycles. The Bertz CT molecular complexity index is 545. The monoisotopic (exact) mass is 275 g/mol. The van der Waals surface area contributed by atoms with E-state index in [1.54, 1.807) is 6.07 Å². The van der Waals surface area contributed by atoms with Gasteiger partial charge in [0.25, 0.3) is 0 Å². The zero-order valence-corrected chi connectivity index (χ0v) is 12.4. The molecule has 0 aliphatic heterocycles. The summed E-state index contributed by atoms with van der Waals surface area (Å²) in [6.07, 6.45) is 3.36. The van der Waals surface area contributed by atoms with Gasteiger partial charge in [0, 0.05) is 17.2 Å². The number of rotatable bonds is 5. The van der Waals surface area contributed by atoms with Gasteiger partial charge in [-0.1, -0.05) is 26.8 Å². The SMILES string of the molecule is CCC(C)(C)C(=O)Nc1ccc(C)c(C=CC(=O)O)c1. The maximum atomic E-state index is 12.1. The molecule has 1 aromatic rings. The number of carboxylic acid groups (broad SMARTS) is 1. The number of aryl methyl sites for hydroxylation is 1. The lowest BCUT2D eigenvalue weighted by Gasteiger charge is -2.21. The van der Waals surface area contributed by atoms with Gasteiger partial charge >= 0.3 is 5.97 Å². The summed E-state index contributed by atoms with van der Waals surface area (Å²) >= 11 is 0. The van der Waals surface area contributed by atoms with Crippen LogP contribution in [-0.2, 0) is 9.59 Å². The van der Waals surface area contributed by atoms with Gasteiger partial charge < -0.3 is 10.4 Å². The molecule has 0 aromatic heterocycles. The molecule has 1 aromatic carbocycles. The predicted molar refractivity (Wildman–Crippen MR) is 80.6 cm³/mol. The first-order valence-corrected chi connectivity index (χ1v) is 6.59. The molecular weight excluding hydrogens is 254 g/mol. The average molecular weight is 275 g/mol. The third kappa shape index (κ3) is 4.23. The van der Waals surface area contributed by atoms with E-state index in [0.717, 1.165) is 23.6 Å². The van der Waals surface area contributed by atoms with Crippen molar-refractivity contribution in [1.29, 1.82) is 0 Å². The molecule has 0 aliphatic rings. The standard InChI is InChI=1S/C16H21NO3/c1-5-16(3,4)15(20)17-13-8-6-11(2)12(10-13)7-9-14(18)19/h6-10H,5H2,1-4H3,(H,17,20)(H,18,19). The van der Waals surface area contributed by atoms with Crippen LogP contribution in [0.15, 0.2) is 24.3 Å². The smallest absolute Gasteiger partial charge is 0.328 e. The number of anilines is 1. The summed E-state index contributed by atoms with van der Waals surface area (Å²) < 4.78 is 0. The minimum atomic E-state index is -0.994. The van der Waals surface area contributed by atoms with Gasteiger partial charge in [0.15, 0.2) is 0 Å². The van der Waals surface area contributed by atoms with Gasteiger partial charge in [0.2, 0.25) is 5.91 Å². The molecule has 4 heteroatoms. The van der Waals surface area contributed by atoms with Crippen LogP contribution in [0, 0.1) is 12.3 Å². The van der Waals surface area contributed by atoms with Crippen LogP contribution in [0.4, 0.5) is 5.69 Å². The Kier molecular flexibility index (Phi) is 5.08. The van der Waals surface area contributed by atoms with Gasteiger partial charge in [-0.15, -0.1) is 0 Å². The Labute approximate surface area is 119 Å². The maximum Gasteiger partial charge on any atom is 0.328 e. The highest BCUT2D eigenvalue weighted by molar-refractivity contribution is 5.95. The molecule has 108 valence electrons. The largest absolute Gasteiger partial charge is 0.478 e. The second kappa shape index (κ2) is 6.37. The zero-order valence-electron chi connectivity index (χ0n) is 12.4. The first-order valence-electron chi connectivity index (χ1n) is 6.59. The van der Waals surface area contributed by atoms with E-state index in [1.807, 2.05) is 39.8 Å². The molecule has 1 amide bonds. The van der Waals surface area contributed by atoms with Crippen molar-refractivity contribution in [2.24, 2.45) is 5.41 Å². The quantitative estimate of drug-likeness (QED) is 0.809. The van der Waals surface area contributed by atoms with Crippen molar-refractivity contribution in [3.05, 3.63) is 35.4 Å². The number of amides is 1. The molecule has 20 heavy (non-hydrogen) atoms. The summed E-state index contributed by atoms with van der Waals surface area (Å²) in [7, 11) is 0. The van der Waals surface area contributed by atoms with Crippen LogP contribution < -0.4 is 5.32 Å². The maximum absolute atomic E-state index is 12.1. The van der Waals surface area contributed by atoms with Crippen LogP contribution >= 0.6 is 0 Å². The van der Waals surface area contributed by atoms with Crippen molar-refractivity contribution in [3.8, 4) is 0 Å². The molecule has 2 N–H and O–H groups in total. The molecule has 0 atom stereocenters. The summed E-state index contributed by atoms with van der Waals surface area (Å²) in [5.74, 6) is -1.04. The van der Waals surface area contributed by atoms with Crippen LogP contribution in [0.25, 0.3) is 6.08 Å². The minimum Gasteiger partial charge on any atom is -0.478 e. The minimum absolute atomic E-state index is 0.0444. The number of carbonyl (C=O) groups is 2. The zero-order chi connectivity index (χ0) is 15.3. The van der Waals surface area contributed by atoms with Gasteiger partial charge in [-0.25, -0.2) is 4.79 Å². The number of aliphatic carboxylic acids is 1. The fraction of sp³-hybridized carbons (Fsp3) is 0.375. The number of benzene rings is 1. The average Bonchev–Trinajstić information content (AvgIpc) is 2.39. The molecule has 0 spiro atoms. The van der Waals surface area contributed by atoms with E-state index in [1.165, 1.54) is 6.08 Å². The van der Waals surface area contributed by atoms with Crippen LogP contribution in [0.5, 0.6) is 0 Å². The lowest BCUT2D eigenvalue weighted by Crippen LogP contribution is -2.30. The summed E-state index contributed by atoms with van der Waals surface area (Å²) in [4.78, 5) is 22.7. The lowest BCUT2D eigenvalue weighted by molar-refractivity contribution is -0.131. The fourth-order valence-corrected chi connectivity index (χ4v) is 1.52. The molecular formula is C16H21NO3. The van der Waals surface area contributed by atoms with Crippen LogP contribution in [-0.4, -0.2) is 17.0 Å². The van der Waals surface area contributed by atoms with Crippen molar-refractivity contribution in [2.45, 2.75) is 34.1 Å². The molecule has 0 fully saturated rings. The number of nitrogens with one attached hydrogen (secondary N) is 1. The van der Waals surface area contributed by atoms with E-state index in [9.17, 15) is 9.59 Å². The molecule has 0 saturated heterocycles. The second-order valence-corrected chi connectivity index (χ2v) is 5.43. The number of carboxylic acids is 1. The Morgan fingerprint density at radius 2 is 2.00 bits per heavy atom. The van der Waals surface area contributed by atoms with E-state index >= 15 is 0 Å². The number of hydrogen-bond acceptors (Lipinski definition) is 2. The summed E-state index contributed by atoms with van der Waals surface area (Å²) in [6.45, 7) is 7.64. The first-order chi connectivity index (χ1) is 9.26. The normalized spacial score (nSPS) is 11.6. The van der Waals surface area contributed by atoms with E-state index in [2.05, 4.69) is 5.32 Å². The Balaban J connectivity index is 2.96. The fourth-order valence-electron chi connectivity index (χ4n) is 1.52. The Morgan fingerprint density at radius 1 is 1.35 bits per heavy atom. The first kappa shape index (κ1) is 16.0. The van der Waals surface area contributed by atoms with Crippen molar-refractivity contribution < 1.29 is 14.7 Å². The van der Waals surface area contributed by atoms with Crippen LogP contribution in [0.1, 0.15) is 38.3 Å². The summed E-state index contributed by atoms with van der Waals surface area (Å²) in [5.41, 5.74) is 1.98. The third-order valence-corrected chi connectivity index (χ3v) is 3.44. The van der Waals surface area contributed by atoms with Crippen LogP contribution in [0.2, 0.25) is 0 Å². The van der Waals surface area contributed by atoms with Gasteiger partial charge in [-0.05, 0) is 42.7 Å². The number of hydrogen-bond donors (Lipinski definition) is 2. The third-order valence-electron chi connectivity index (χ3n) is 3.44. The van der Waals surface area contributed by atoms with E-state index < -0.39 is 11.4 Å². The highest BCUT2D eigenvalue weighted by Crippen LogP contribution is 2.23.